The fourth-order valence-corrected chi connectivity index (χ4v) is 2.36. The van der Waals surface area contributed by atoms with Gasteiger partial charge >= 0.3 is 0 Å². The molecule has 23 heavy (non-hydrogen) atoms. The van der Waals surface area contributed by atoms with Crippen LogP contribution >= 0.6 is 0 Å². The van der Waals surface area contributed by atoms with Crippen LogP contribution in [0.4, 0.5) is 14.5 Å². The maximum atomic E-state index is 13.0. The summed E-state index contributed by atoms with van der Waals surface area (Å²) in [6.45, 7) is 2.56. The van der Waals surface area contributed by atoms with Gasteiger partial charge in [-0.05, 0) is 32.0 Å². The summed E-state index contributed by atoms with van der Waals surface area (Å²) in [7, 11) is 1.78. The van der Waals surface area contributed by atoms with Gasteiger partial charge in [0, 0.05) is 24.9 Å². The van der Waals surface area contributed by atoms with Gasteiger partial charge in [-0.3, -0.25) is 9.69 Å². The lowest BCUT2D eigenvalue weighted by atomic mass is 10.2. The van der Waals surface area contributed by atoms with Gasteiger partial charge in [-0.15, -0.1) is 0 Å². The highest BCUT2D eigenvalue weighted by molar-refractivity contribution is 5.92. The fraction of sp³-hybridized carbons (Fsp3) is 0.562. The second kappa shape index (κ2) is 8.90. The van der Waals surface area contributed by atoms with Crippen LogP contribution in [-0.2, 0) is 14.3 Å². The molecule has 1 saturated heterocycles. The normalized spacial score (nSPS) is 17.7. The minimum atomic E-state index is -0.726. The summed E-state index contributed by atoms with van der Waals surface area (Å²) in [6, 6.07) is 2.91. The number of nitrogens with one attached hydrogen (secondary N) is 1. The molecule has 0 spiro atoms. The van der Waals surface area contributed by atoms with Crippen molar-refractivity contribution < 1.29 is 23.0 Å². The lowest BCUT2D eigenvalue weighted by Gasteiger charge is -2.17. The van der Waals surface area contributed by atoms with Crippen molar-refractivity contribution in [2.24, 2.45) is 0 Å². The number of carbonyl (C=O) groups excluding carboxylic acids is 1. The number of halogens is 2. The summed E-state index contributed by atoms with van der Waals surface area (Å²) in [5.41, 5.74) is 0.107. The monoisotopic (exact) mass is 328 g/mol. The molecule has 1 aromatic carbocycles. The number of amides is 1. The van der Waals surface area contributed by atoms with Gasteiger partial charge in [0.15, 0.2) is 0 Å². The Balaban J connectivity index is 1.63. The molecule has 2 rings (SSSR count). The van der Waals surface area contributed by atoms with Crippen molar-refractivity contribution in [3.05, 3.63) is 29.8 Å². The van der Waals surface area contributed by atoms with E-state index in [1.807, 2.05) is 0 Å². The first-order valence-electron chi connectivity index (χ1n) is 7.67. The van der Waals surface area contributed by atoms with Crippen LogP contribution in [0.5, 0.6) is 0 Å². The van der Waals surface area contributed by atoms with Crippen LogP contribution in [0.3, 0.4) is 0 Å². The zero-order valence-corrected chi connectivity index (χ0v) is 13.2. The molecule has 0 aromatic heterocycles. The number of anilines is 1. The maximum absolute atomic E-state index is 13.0. The SMILES string of the molecule is CN(CCOCC1CCCO1)CC(=O)Nc1cc(F)cc(F)c1. The maximum Gasteiger partial charge on any atom is 0.238 e. The second-order valence-electron chi connectivity index (χ2n) is 5.65. The van der Waals surface area contributed by atoms with Crippen LogP contribution in [0, 0.1) is 11.6 Å². The molecule has 1 aliphatic rings. The average molecular weight is 328 g/mol. The average Bonchev–Trinajstić information content (AvgIpc) is 2.95. The minimum absolute atomic E-state index is 0.107. The summed E-state index contributed by atoms with van der Waals surface area (Å²) >= 11 is 0. The van der Waals surface area contributed by atoms with E-state index >= 15 is 0 Å². The molecule has 128 valence electrons. The van der Waals surface area contributed by atoms with Crippen LogP contribution < -0.4 is 5.32 Å². The Labute approximate surface area is 134 Å². The Morgan fingerprint density at radius 3 is 2.78 bits per heavy atom. The topological polar surface area (TPSA) is 50.8 Å². The third-order valence-corrected chi connectivity index (χ3v) is 3.50. The zero-order valence-electron chi connectivity index (χ0n) is 13.2. The lowest BCUT2D eigenvalue weighted by molar-refractivity contribution is -0.117. The van der Waals surface area contributed by atoms with Crippen LogP contribution in [0.1, 0.15) is 12.8 Å². The highest BCUT2D eigenvalue weighted by Crippen LogP contribution is 2.13. The summed E-state index contributed by atoms with van der Waals surface area (Å²) in [6.07, 6.45) is 2.29. The van der Waals surface area contributed by atoms with Crippen molar-refractivity contribution in [1.29, 1.82) is 0 Å². The molecule has 1 aliphatic heterocycles. The van der Waals surface area contributed by atoms with Crippen molar-refractivity contribution in [2.45, 2.75) is 18.9 Å². The van der Waals surface area contributed by atoms with Gasteiger partial charge in [-0.1, -0.05) is 0 Å². The van der Waals surface area contributed by atoms with Gasteiger partial charge < -0.3 is 14.8 Å². The Kier molecular flexibility index (Phi) is 6.88. The van der Waals surface area contributed by atoms with Crippen LogP contribution in [0.15, 0.2) is 18.2 Å². The van der Waals surface area contributed by atoms with Crippen molar-refractivity contribution in [3.63, 3.8) is 0 Å². The van der Waals surface area contributed by atoms with E-state index in [0.29, 0.717) is 19.8 Å². The van der Waals surface area contributed by atoms with E-state index in [1.54, 1.807) is 11.9 Å². The molecule has 1 N–H and O–H groups in total. The van der Waals surface area contributed by atoms with E-state index in [4.69, 9.17) is 9.47 Å². The molecule has 1 fully saturated rings. The summed E-state index contributed by atoms with van der Waals surface area (Å²) < 4.78 is 37.1. The first-order chi connectivity index (χ1) is 11.0. The first kappa shape index (κ1) is 17.8. The van der Waals surface area contributed by atoms with Gasteiger partial charge in [-0.2, -0.15) is 0 Å². The molecule has 7 heteroatoms. The molecule has 0 bridgehead atoms. The van der Waals surface area contributed by atoms with Crippen molar-refractivity contribution >= 4 is 11.6 Å². The molecular formula is C16H22F2N2O3. The van der Waals surface area contributed by atoms with E-state index in [9.17, 15) is 13.6 Å². The highest BCUT2D eigenvalue weighted by Gasteiger charge is 2.15. The third-order valence-electron chi connectivity index (χ3n) is 3.50. The van der Waals surface area contributed by atoms with Gasteiger partial charge in [0.25, 0.3) is 0 Å². The molecular weight excluding hydrogens is 306 g/mol. The predicted molar refractivity (Wildman–Crippen MR) is 82.3 cm³/mol. The molecule has 1 atom stereocenters. The van der Waals surface area contributed by atoms with Gasteiger partial charge in [0.1, 0.15) is 11.6 Å². The lowest BCUT2D eigenvalue weighted by Crippen LogP contribution is -2.33. The summed E-state index contributed by atoms with van der Waals surface area (Å²) in [5, 5.41) is 2.47. The molecule has 1 unspecified atom stereocenters. The van der Waals surface area contributed by atoms with Crippen molar-refractivity contribution in [3.8, 4) is 0 Å². The number of nitrogens with zero attached hydrogens (tertiary/aromatic N) is 1. The molecule has 5 nitrogen and oxygen atoms in total. The third kappa shape index (κ3) is 6.60. The van der Waals surface area contributed by atoms with Crippen molar-refractivity contribution in [2.75, 3.05) is 45.3 Å². The van der Waals surface area contributed by atoms with Crippen molar-refractivity contribution in [1.82, 2.24) is 4.90 Å². The molecule has 1 heterocycles. The quantitative estimate of drug-likeness (QED) is 0.742. The number of likely N-dealkylation sites (N-methyl/N-ethyl adjacent to an activating group) is 1. The number of hydrogen-bond donors (Lipinski definition) is 1. The molecule has 0 aliphatic carbocycles. The second-order valence-corrected chi connectivity index (χ2v) is 5.65. The van der Waals surface area contributed by atoms with Gasteiger partial charge in [0.05, 0.1) is 25.9 Å². The van der Waals surface area contributed by atoms with Crippen LogP contribution in [0.25, 0.3) is 0 Å². The number of benzene rings is 1. The molecule has 1 aromatic rings. The summed E-state index contributed by atoms with van der Waals surface area (Å²) in [4.78, 5) is 13.6. The highest BCUT2D eigenvalue weighted by atomic mass is 19.1. The van der Waals surface area contributed by atoms with E-state index in [0.717, 1.165) is 37.6 Å². The Morgan fingerprint density at radius 1 is 1.39 bits per heavy atom. The zero-order chi connectivity index (χ0) is 16.7. The minimum Gasteiger partial charge on any atom is -0.377 e. The van der Waals surface area contributed by atoms with E-state index in [-0.39, 0.29) is 24.2 Å². The molecule has 0 saturated carbocycles. The fourth-order valence-electron chi connectivity index (χ4n) is 2.36. The smallest absolute Gasteiger partial charge is 0.238 e. The molecule has 0 radical (unpaired) electrons. The Bertz CT molecular complexity index is 502. The van der Waals surface area contributed by atoms with E-state index in [1.165, 1.54) is 0 Å². The molecule has 1 amide bonds. The van der Waals surface area contributed by atoms with Gasteiger partial charge in [0.2, 0.25) is 5.91 Å². The van der Waals surface area contributed by atoms with Crippen LogP contribution in [0.2, 0.25) is 0 Å². The predicted octanol–water partition coefficient (Wildman–Crippen LogP) is 2.03. The number of carbonyl (C=O) groups is 1. The summed E-state index contributed by atoms with van der Waals surface area (Å²) in [5.74, 6) is -1.79. The number of rotatable bonds is 8. The van der Waals surface area contributed by atoms with Gasteiger partial charge in [-0.25, -0.2) is 8.78 Å². The van der Waals surface area contributed by atoms with Crippen LogP contribution in [-0.4, -0.2) is 56.9 Å². The largest absolute Gasteiger partial charge is 0.377 e. The first-order valence-corrected chi connectivity index (χ1v) is 7.67. The Morgan fingerprint density at radius 2 is 2.13 bits per heavy atom. The number of ether oxygens (including phenoxy) is 2. The Hall–Kier alpha value is -1.57. The standard InChI is InChI=1S/C16H22F2N2O3/c1-20(4-6-22-11-15-3-2-5-23-15)10-16(21)19-14-8-12(17)7-13(18)9-14/h7-9,15H,2-6,10-11H2,1H3,(H,19,21). The van der Waals surface area contributed by atoms with E-state index in [2.05, 4.69) is 5.32 Å². The van der Waals surface area contributed by atoms with E-state index < -0.39 is 11.6 Å². The number of hydrogen-bond acceptors (Lipinski definition) is 4.